The number of nitrogens with one attached hydrogen (secondary N) is 2. The zero-order chi connectivity index (χ0) is 16.7. The molecule has 0 aliphatic carbocycles. The molecule has 0 aliphatic rings. The molecule has 0 saturated carbocycles. The summed E-state index contributed by atoms with van der Waals surface area (Å²) >= 11 is 0. The van der Waals surface area contributed by atoms with Gasteiger partial charge in [0, 0.05) is 24.4 Å². The second kappa shape index (κ2) is 8.49. The smallest absolute Gasteiger partial charge is 0.224 e. The van der Waals surface area contributed by atoms with E-state index in [1.807, 2.05) is 50.4 Å². The van der Waals surface area contributed by atoms with E-state index in [0.29, 0.717) is 6.54 Å². The Bertz CT molecular complexity index is 558. The van der Waals surface area contributed by atoms with Gasteiger partial charge >= 0.3 is 0 Å². The Balaban J connectivity index is 2.22. The highest BCUT2D eigenvalue weighted by atomic mass is 16.1. The van der Waals surface area contributed by atoms with E-state index in [0.717, 1.165) is 0 Å². The normalized spacial score (nSPS) is 13.6. The van der Waals surface area contributed by atoms with Crippen molar-refractivity contribution in [2.45, 2.75) is 25.8 Å². The maximum Gasteiger partial charge on any atom is 0.224 e. The van der Waals surface area contributed by atoms with Crippen LogP contribution in [0.1, 0.15) is 30.9 Å². The third kappa shape index (κ3) is 4.67. The van der Waals surface area contributed by atoms with Gasteiger partial charge in [-0.05, 0) is 25.1 Å². The minimum atomic E-state index is -0.0466. The lowest BCUT2D eigenvalue weighted by molar-refractivity contribution is -0.125. The molecule has 0 heterocycles. The van der Waals surface area contributed by atoms with Crippen LogP contribution in [0.3, 0.4) is 0 Å². The summed E-state index contributed by atoms with van der Waals surface area (Å²) in [5.74, 6) is 0.182. The average molecular weight is 310 g/mol. The summed E-state index contributed by atoms with van der Waals surface area (Å²) < 4.78 is 0. The van der Waals surface area contributed by atoms with Gasteiger partial charge in [0.25, 0.3) is 0 Å². The predicted octanol–water partition coefficient (Wildman–Crippen LogP) is 3.18. The summed E-state index contributed by atoms with van der Waals surface area (Å²) in [5, 5.41) is 6.24. The lowest BCUT2D eigenvalue weighted by atomic mass is 9.85. The molecule has 0 aromatic heterocycles. The maximum atomic E-state index is 12.4. The summed E-state index contributed by atoms with van der Waals surface area (Å²) in [4.78, 5) is 12.4. The van der Waals surface area contributed by atoms with Crippen molar-refractivity contribution >= 4 is 5.91 Å². The number of rotatable bonds is 7. The van der Waals surface area contributed by atoms with Gasteiger partial charge in [0.2, 0.25) is 5.91 Å². The van der Waals surface area contributed by atoms with E-state index in [9.17, 15) is 4.79 Å². The third-order valence-corrected chi connectivity index (χ3v) is 4.15. The van der Waals surface area contributed by atoms with Gasteiger partial charge in [-0.25, -0.2) is 0 Å². The van der Waals surface area contributed by atoms with Crippen LogP contribution < -0.4 is 10.6 Å². The largest absolute Gasteiger partial charge is 0.352 e. The molecule has 0 spiro atoms. The van der Waals surface area contributed by atoms with E-state index in [1.165, 1.54) is 11.1 Å². The van der Waals surface area contributed by atoms with Crippen LogP contribution in [-0.2, 0) is 4.79 Å². The Kier molecular flexibility index (Phi) is 6.36. The van der Waals surface area contributed by atoms with Gasteiger partial charge in [-0.1, -0.05) is 67.6 Å². The Hall–Kier alpha value is -2.13. The van der Waals surface area contributed by atoms with Crippen molar-refractivity contribution in [1.29, 1.82) is 0 Å². The molecule has 122 valence electrons. The lowest BCUT2D eigenvalue weighted by Crippen LogP contribution is -2.42. The summed E-state index contributed by atoms with van der Waals surface area (Å²) in [7, 11) is 1.87. The van der Waals surface area contributed by atoms with E-state index in [1.54, 1.807) is 0 Å². The van der Waals surface area contributed by atoms with Crippen LogP contribution in [0.4, 0.5) is 0 Å². The molecule has 2 aromatic rings. The highest BCUT2D eigenvalue weighted by Gasteiger charge is 2.24. The first-order chi connectivity index (χ1) is 11.1. The van der Waals surface area contributed by atoms with Crippen molar-refractivity contribution in [2.75, 3.05) is 13.6 Å². The Morgan fingerprint density at radius 3 is 1.83 bits per heavy atom. The van der Waals surface area contributed by atoms with Crippen molar-refractivity contribution in [3.63, 3.8) is 0 Å². The Morgan fingerprint density at radius 1 is 0.913 bits per heavy atom. The van der Waals surface area contributed by atoms with E-state index >= 15 is 0 Å². The predicted molar refractivity (Wildman–Crippen MR) is 95.4 cm³/mol. The fourth-order valence-electron chi connectivity index (χ4n) is 2.94. The van der Waals surface area contributed by atoms with Crippen LogP contribution in [0.5, 0.6) is 0 Å². The molecule has 1 amide bonds. The Labute approximate surface area is 139 Å². The van der Waals surface area contributed by atoms with E-state index in [2.05, 4.69) is 41.8 Å². The highest BCUT2D eigenvalue weighted by Crippen LogP contribution is 2.28. The van der Waals surface area contributed by atoms with Gasteiger partial charge in [-0.2, -0.15) is 0 Å². The number of hydrogen-bond donors (Lipinski definition) is 2. The van der Waals surface area contributed by atoms with Gasteiger partial charge in [-0.3, -0.25) is 4.79 Å². The van der Waals surface area contributed by atoms with Crippen LogP contribution >= 0.6 is 0 Å². The summed E-state index contributed by atoms with van der Waals surface area (Å²) in [5.41, 5.74) is 2.43. The van der Waals surface area contributed by atoms with Crippen molar-refractivity contribution in [1.82, 2.24) is 10.6 Å². The van der Waals surface area contributed by atoms with E-state index < -0.39 is 0 Å². The molecule has 3 nitrogen and oxygen atoms in total. The summed E-state index contributed by atoms with van der Waals surface area (Å²) in [6.45, 7) is 4.70. The number of carbonyl (C=O) groups is 1. The molecule has 2 rings (SSSR count). The SMILES string of the molecule is CNCC(C)C(=O)NC(C)C(c1ccccc1)c1ccccc1. The fourth-order valence-corrected chi connectivity index (χ4v) is 2.94. The van der Waals surface area contributed by atoms with Gasteiger partial charge in [0.05, 0.1) is 0 Å². The average Bonchev–Trinajstić information content (AvgIpc) is 2.57. The molecule has 0 saturated heterocycles. The Morgan fingerprint density at radius 2 is 1.39 bits per heavy atom. The molecule has 2 unspecified atom stereocenters. The molecular formula is C20H26N2O. The monoisotopic (exact) mass is 310 g/mol. The fraction of sp³-hybridized carbons (Fsp3) is 0.350. The first-order valence-electron chi connectivity index (χ1n) is 8.18. The number of hydrogen-bond acceptors (Lipinski definition) is 2. The van der Waals surface area contributed by atoms with Crippen LogP contribution in [0.25, 0.3) is 0 Å². The highest BCUT2D eigenvalue weighted by molar-refractivity contribution is 5.79. The second-order valence-corrected chi connectivity index (χ2v) is 6.06. The topological polar surface area (TPSA) is 41.1 Å². The van der Waals surface area contributed by atoms with Crippen LogP contribution in [0.15, 0.2) is 60.7 Å². The molecule has 23 heavy (non-hydrogen) atoms. The van der Waals surface area contributed by atoms with Crippen molar-refractivity contribution in [3.8, 4) is 0 Å². The molecule has 3 heteroatoms. The number of benzene rings is 2. The van der Waals surface area contributed by atoms with Gasteiger partial charge < -0.3 is 10.6 Å². The van der Waals surface area contributed by atoms with E-state index in [-0.39, 0.29) is 23.8 Å². The number of carbonyl (C=O) groups excluding carboxylic acids is 1. The number of amides is 1. The minimum absolute atomic E-state index is 0.0200. The zero-order valence-corrected chi connectivity index (χ0v) is 14.1. The maximum absolute atomic E-state index is 12.4. The minimum Gasteiger partial charge on any atom is -0.352 e. The van der Waals surface area contributed by atoms with Crippen LogP contribution in [0, 0.1) is 5.92 Å². The third-order valence-electron chi connectivity index (χ3n) is 4.15. The van der Waals surface area contributed by atoms with Crippen molar-refractivity contribution in [3.05, 3.63) is 71.8 Å². The van der Waals surface area contributed by atoms with Crippen LogP contribution in [-0.4, -0.2) is 25.5 Å². The first-order valence-corrected chi connectivity index (χ1v) is 8.18. The standard InChI is InChI=1S/C20H26N2O/c1-15(14-21-3)20(23)22-16(2)19(17-10-6-4-7-11-17)18-12-8-5-9-13-18/h4-13,15-16,19,21H,14H2,1-3H3,(H,22,23). The zero-order valence-electron chi connectivity index (χ0n) is 14.1. The van der Waals surface area contributed by atoms with Crippen LogP contribution in [0.2, 0.25) is 0 Å². The van der Waals surface area contributed by atoms with Gasteiger partial charge in [0.1, 0.15) is 0 Å². The first kappa shape index (κ1) is 17.2. The molecule has 0 bridgehead atoms. The molecule has 2 aromatic carbocycles. The molecular weight excluding hydrogens is 284 g/mol. The molecule has 0 fully saturated rings. The molecule has 2 atom stereocenters. The molecule has 0 radical (unpaired) electrons. The van der Waals surface area contributed by atoms with Crippen molar-refractivity contribution in [2.24, 2.45) is 5.92 Å². The summed E-state index contributed by atoms with van der Waals surface area (Å²) in [6, 6.07) is 20.7. The van der Waals surface area contributed by atoms with Crippen molar-refractivity contribution < 1.29 is 4.79 Å². The second-order valence-electron chi connectivity index (χ2n) is 6.06. The summed E-state index contributed by atoms with van der Waals surface area (Å²) in [6.07, 6.45) is 0. The molecule has 2 N–H and O–H groups in total. The molecule has 0 aliphatic heterocycles. The van der Waals surface area contributed by atoms with Gasteiger partial charge in [-0.15, -0.1) is 0 Å². The van der Waals surface area contributed by atoms with E-state index in [4.69, 9.17) is 0 Å². The van der Waals surface area contributed by atoms with Gasteiger partial charge in [0.15, 0.2) is 0 Å². The lowest BCUT2D eigenvalue weighted by Gasteiger charge is -2.27. The quantitative estimate of drug-likeness (QED) is 0.824.